The maximum Gasteiger partial charge on any atom is 0.261 e. The van der Waals surface area contributed by atoms with Crippen molar-refractivity contribution in [3.05, 3.63) is 78.4 Å². The molecule has 0 unspecified atom stereocenters. The molecule has 174 valence electrons. The molecule has 3 rings (SSSR count). The number of carbonyl (C=O) groups is 1. The lowest BCUT2D eigenvalue weighted by atomic mass is 10.2. The van der Waals surface area contributed by atoms with Gasteiger partial charge >= 0.3 is 0 Å². The molecule has 0 aliphatic rings. The fourth-order valence-electron chi connectivity index (χ4n) is 3.10. The number of ether oxygens (including phenoxy) is 2. The van der Waals surface area contributed by atoms with Gasteiger partial charge in [-0.2, -0.15) is 0 Å². The summed E-state index contributed by atoms with van der Waals surface area (Å²) in [7, 11) is -2.24. The molecular weight excluding hydrogens is 440 g/mol. The van der Waals surface area contributed by atoms with Crippen LogP contribution in [0.3, 0.4) is 0 Å². The number of benzene rings is 3. The summed E-state index contributed by atoms with van der Waals surface area (Å²) in [6.07, 6.45) is 3.08. The van der Waals surface area contributed by atoms with Gasteiger partial charge in [-0.3, -0.25) is 9.52 Å². The van der Waals surface area contributed by atoms with E-state index in [-0.39, 0.29) is 10.8 Å². The second kappa shape index (κ2) is 11.4. The first kappa shape index (κ1) is 24.1. The normalized spacial score (nSPS) is 11.0. The summed E-state index contributed by atoms with van der Waals surface area (Å²) in [5.41, 5.74) is 1.32. The highest BCUT2D eigenvalue weighted by Crippen LogP contribution is 2.23. The predicted octanol–water partition coefficient (Wildman–Crippen LogP) is 5.32. The van der Waals surface area contributed by atoms with Crippen LogP contribution in [0.2, 0.25) is 0 Å². The van der Waals surface area contributed by atoms with Gasteiger partial charge in [0.2, 0.25) is 0 Å². The van der Waals surface area contributed by atoms with Crippen LogP contribution >= 0.6 is 0 Å². The van der Waals surface area contributed by atoms with Gasteiger partial charge in [0.25, 0.3) is 15.9 Å². The number of methoxy groups -OCH3 is 1. The Kier molecular flexibility index (Phi) is 8.32. The van der Waals surface area contributed by atoms with Gasteiger partial charge in [-0.15, -0.1) is 0 Å². The molecule has 0 fully saturated rings. The van der Waals surface area contributed by atoms with Crippen molar-refractivity contribution in [3.8, 4) is 11.5 Å². The third-order valence-corrected chi connectivity index (χ3v) is 6.30. The molecule has 1 amide bonds. The Hall–Kier alpha value is -3.52. The highest BCUT2D eigenvalue weighted by Gasteiger charge is 2.16. The van der Waals surface area contributed by atoms with E-state index in [0.717, 1.165) is 19.3 Å². The molecule has 0 atom stereocenters. The molecule has 0 spiro atoms. The molecule has 0 radical (unpaired) electrons. The second-order valence-corrected chi connectivity index (χ2v) is 9.05. The van der Waals surface area contributed by atoms with E-state index in [0.29, 0.717) is 35.0 Å². The van der Waals surface area contributed by atoms with Crippen molar-refractivity contribution in [1.29, 1.82) is 0 Å². The summed E-state index contributed by atoms with van der Waals surface area (Å²) in [6.45, 7) is 2.67. The molecule has 2 N–H and O–H groups in total. The second-order valence-electron chi connectivity index (χ2n) is 7.36. The van der Waals surface area contributed by atoms with E-state index in [1.54, 1.807) is 61.7 Å². The number of hydrogen-bond donors (Lipinski definition) is 2. The first-order valence-corrected chi connectivity index (χ1v) is 12.2. The van der Waals surface area contributed by atoms with E-state index >= 15 is 0 Å². The molecule has 7 nitrogen and oxygen atoms in total. The Balaban J connectivity index is 1.66. The molecule has 33 heavy (non-hydrogen) atoms. The van der Waals surface area contributed by atoms with Crippen LogP contribution in [0.25, 0.3) is 0 Å². The lowest BCUT2D eigenvalue weighted by molar-refractivity contribution is 0.102. The number of anilines is 2. The summed E-state index contributed by atoms with van der Waals surface area (Å²) in [6, 6.07) is 19.6. The Labute approximate surface area is 194 Å². The minimum atomic E-state index is -3.78. The number of carbonyl (C=O) groups excluding carboxylic acids is 1. The molecule has 0 aromatic heterocycles. The topological polar surface area (TPSA) is 93.7 Å². The van der Waals surface area contributed by atoms with E-state index in [1.165, 1.54) is 12.1 Å². The molecule has 3 aromatic rings. The van der Waals surface area contributed by atoms with E-state index in [1.807, 2.05) is 6.07 Å². The van der Waals surface area contributed by atoms with Crippen molar-refractivity contribution in [2.45, 2.75) is 31.1 Å². The lowest BCUT2D eigenvalue weighted by Gasteiger charge is -2.12. The van der Waals surface area contributed by atoms with Gasteiger partial charge in [-0.1, -0.05) is 31.9 Å². The van der Waals surface area contributed by atoms with Crippen LogP contribution in [0, 0.1) is 0 Å². The molecular formula is C25H28N2O5S. The van der Waals surface area contributed by atoms with Crippen LogP contribution in [-0.4, -0.2) is 28.0 Å². The fourth-order valence-corrected chi connectivity index (χ4v) is 4.16. The number of nitrogens with one attached hydrogen (secondary N) is 2. The molecule has 0 saturated carbocycles. The Bertz CT molecular complexity index is 1160. The number of sulfonamides is 1. The van der Waals surface area contributed by atoms with Crippen LogP contribution in [0.4, 0.5) is 11.4 Å². The van der Waals surface area contributed by atoms with Gasteiger partial charge in [-0.05, 0) is 67.1 Å². The van der Waals surface area contributed by atoms with Crippen molar-refractivity contribution in [2.24, 2.45) is 0 Å². The average molecular weight is 469 g/mol. The summed E-state index contributed by atoms with van der Waals surface area (Å²) in [5, 5.41) is 2.79. The molecule has 0 aliphatic heterocycles. The van der Waals surface area contributed by atoms with Gasteiger partial charge in [0.15, 0.2) is 0 Å². The quantitative estimate of drug-likeness (QED) is 0.372. The van der Waals surface area contributed by atoms with Crippen molar-refractivity contribution < 1.29 is 22.7 Å². The van der Waals surface area contributed by atoms with E-state index in [4.69, 9.17) is 9.47 Å². The van der Waals surface area contributed by atoms with Crippen molar-refractivity contribution >= 4 is 27.3 Å². The average Bonchev–Trinajstić information content (AvgIpc) is 2.83. The molecule has 0 bridgehead atoms. The lowest BCUT2D eigenvalue weighted by Crippen LogP contribution is -2.15. The zero-order valence-electron chi connectivity index (χ0n) is 18.7. The fraction of sp³-hybridized carbons (Fsp3) is 0.240. The zero-order chi connectivity index (χ0) is 23.7. The highest BCUT2D eigenvalue weighted by atomic mass is 32.2. The molecule has 8 heteroatoms. The van der Waals surface area contributed by atoms with Gasteiger partial charge in [-0.25, -0.2) is 8.42 Å². The first-order valence-electron chi connectivity index (χ1n) is 10.7. The Morgan fingerprint density at radius 3 is 2.21 bits per heavy atom. The number of amides is 1. The van der Waals surface area contributed by atoms with Gasteiger partial charge < -0.3 is 14.8 Å². The van der Waals surface area contributed by atoms with Crippen LogP contribution in [0.5, 0.6) is 11.5 Å². The maximum atomic E-state index is 12.8. The maximum absolute atomic E-state index is 12.8. The third-order valence-electron chi connectivity index (χ3n) is 4.90. The molecule has 0 heterocycles. The van der Waals surface area contributed by atoms with Crippen LogP contribution in [-0.2, 0) is 10.0 Å². The minimum Gasteiger partial charge on any atom is -0.497 e. The molecule has 0 saturated heterocycles. The SMILES string of the molecule is CCCCCOc1ccccc1C(=O)Nc1ccc(S(=O)(=O)Nc2ccc(OC)cc2)cc1. The first-order chi connectivity index (χ1) is 15.9. The molecule has 3 aromatic carbocycles. The Morgan fingerprint density at radius 1 is 0.879 bits per heavy atom. The van der Waals surface area contributed by atoms with E-state index < -0.39 is 10.0 Å². The predicted molar refractivity (Wildman–Crippen MR) is 130 cm³/mol. The minimum absolute atomic E-state index is 0.0796. The largest absolute Gasteiger partial charge is 0.497 e. The van der Waals surface area contributed by atoms with Crippen molar-refractivity contribution in [3.63, 3.8) is 0 Å². The summed E-state index contributed by atoms with van der Waals surface area (Å²) in [4.78, 5) is 12.8. The van der Waals surface area contributed by atoms with Gasteiger partial charge in [0.05, 0.1) is 24.2 Å². The van der Waals surface area contributed by atoms with Crippen LogP contribution in [0.15, 0.2) is 77.7 Å². The number of para-hydroxylation sites is 1. The van der Waals surface area contributed by atoms with Crippen LogP contribution < -0.4 is 19.5 Å². The van der Waals surface area contributed by atoms with Crippen molar-refractivity contribution in [1.82, 2.24) is 0 Å². The standard InChI is InChI=1S/C25H28N2O5S/c1-3-4-7-18-32-24-9-6-5-8-23(24)25(28)26-19-12-16-22(17-13-19)33(29,30)27-20-10-14-21(31-2)15-11-20/h5-6,8-17,27H,3-4,7,18H2,1-2H3,(H,26,28). The summed E-state index contributed by atoms with van der Waals surface area (Å²) >= 11 is 0. The van der Waals surface area contributed by atoms with E-state index in [9.17, 15) is 13.2 Å². The zero-order valence-corrected chi connectivity index (χ0v) is 19.5. The molecule has 0 aliphatic carbocycles. The monoisotopic (exact) mass is 468 g/mol. The number of rotatable bonds is 11. The summed E-state index contributed by atoms with van der Waals surface area (Å²) in [5.74, 6) is 0.827. The smallest absolute Gasteiger partial charge is 0.261 e. The Morgan fingerprint density at radius 2 is 1.55 bits per heavy atom. The third kappa shape index (κ3) is 6.73. The highest BCUT2D eigenvalue weighted by molar-refractivity contribution is 7.92. The number of unbranched alkanes of at least 4 members (excludes halogenated alkanes) is 2. The van der Waals surface area contributed by atoms with Gasteiger partial charge in [0, 0.05) is 11.4 Å². The summed E-state index contributed by atoms with van der Waals surface area (Å²) < 4.78 is 38.7. The number of hydrogen-bond acceptors (Lipinski definition) is 5. The van der Waals surface area contributed by atoms with Gasteiger partial charge in [0.1, 0.15) is 11.5 Å². The van der Waals surface area contributed by atoms with E-state index in [2.05, 4.69) is 17.0 Å². The van der Waals surface area contributed by atoms with Crippen LogP contribution in [0.1, 0.15) is 36.5 Å². The van der Waals surface area contributed by atoms with Crippen molar-refractivity contribution in [2.75, 3.05) is 23.8 Å².